The van der Waals surface area contributed by atoms with Crippen LogP contribution in [0.25, 0.3) is 0 Å². The van der Waals surface area contributed by atoms with Gasteiger partial charge >= 0.3 is 18.3 Å². The normalized spacial score (nSPS) is 14.9. The molecule has 8 nitrogen and oxygen atoms in total. The van der Waals surface area contributed by atoms with Gasteiger partial charge in [-0.15, -0.1) is 13.2 Å². The molecule has 1 saturated carbocycles. The summed E-state index contributed by atoms with van der Waals surface area (Å²) in [4.78, 5) is 26.3. The van der Waals surface area contributed by atoms with Crippen molar-refractivity contribution in [2.45, 2.75) is 31.0 Å². The smallest absolute Gasteiger partial charge is 0.479 e. The number of carbonyl (C=O) groups is 2. The average molecular weight is 412 g/mol. The van der Waals surface area contributed by atoms with Crippen LogP contribution in [0.5, 0.6) is 5.75 Å². The third-order valence-electron chi connectivity index (χ3n) is 4.27. The number of hydrogen-bond acceptors (Lipinski definition) is 7. The molecule has 1 aliphatic rings. The Kier molecular flexibility index (Phi) is 5.31. The van der Waals surface area contributed by atoms with Crippen LogP contribution in [0.4, 0.5) is 13.2 Å². The van der Waals surface area contributed by atoms with E-state index in [2.05, 4.69) is 26.2 Å². The van der Waals surface area contributed by atoms with Gasteiger partial charge in [0.2, 0.25) is 5.89 Å². The van der Waals surface area contributed by atoms with Crippen LogP contribution in [-0.2, 0) is 26.2 Å². The summed E-state index contributed by atoms with van der Waals surface area (Å²) in [5.41, 5.74) is 0.0722. The minimum Gasteiger partial charge on any atom is -0.479 e. The quantitative estimate of drug-likeness (QED) is 0.520. The second-order valence-corrected chi connectivity index (χ2v) is 6.42. The number of aromatic nitrogens is 2. The number of carboxylic acids is 1. The van der Waals surface area contributed by atoms with Crippen molar-refractivity contribution in [1.82, 2.24) is 10.1 Å². The van der Waals surface area contributed by atoms with Gasteiger partial charge in [-0.25, -0.2) is 9.59 Å². The lowest BCUT2D eigenvalue weighted by Crippen LogP contribution is -2.17. The second-order valence-electron chi connectivity index (χ2n) is 6.42. The molecular formula is C18H15F3N2O6. The van der Waals surface area contributed by atoms with Crippen LogP contribution in [-0.4, -0.2) is 40.2 Å². The number of carbonyl (C=O) groups excluding carboxylic acids is 1. The van der Waals surface area contributed by atoms with Crippen molar-refractivity contribution in [2.24, 2.45) is 0 Å². The zero-order valence-electron chi connectivity index (χ0n) is 14.9. The summed E-state index contributed by atoms with van der Waals surface area (Å²) in [6.45, 7) is 2.72. The maximum Gasteiger partial charge on any atom is 0.573 e. The molecule has 0 saturated heterocycles. The molecule has 3 rings (SSSR count). The van der Waals surface area contributed by atoms with E-state index in [1.807, 2.05) is 0 Å². The van der Waals surface area contributed by atoms with Gasteiger partial charge in [0.05, 0.1) is 11.8 Å². The van der Waals surface area contributed by atoms with E-state index < -0.39 is 30.3 Å². The fourth-order valence-corrected chi connectivity index (χ4v) is 2.75. The number of carboxylic acid groups (broad SMARTS) is 1. The highest BCUT2D eigenvalue weighted by Gasteiger charge is 2.50. The van der Waals surface area contributed by atoms with E-state index in [1.54, 1.807) is 0 Å². The Morgan fingerprint density at radius 3 is 2.45 bits per heavy atom. The van der Waals surface area contributed by atoms with Crippen LogP contribution in [0, 0.1) is 0 Å². The molecule has 2 aromatic rings. The summed E-state index contributed by atoms with van der Waals surface area (Å²) in [6, 6.07) is 5.44. The van der Waals surface area contributed by atoms with Gasteiger partial charge in [-0.1, -0.05) is 23.9 Å². The van der Waals surface area contributed by atoms with Crippen molar-refractivity contribution in [3.8, 4) is 5.75 Å². The zero-order chi connectivity index (χ0) is 21.2. The first-order valence-electron chi connectivity index (χ1n) is 8.35. The van der Waals surface area contributed by atoms with Gasteiger partial charge in [0.1, 0.15) is 5.75 Å². The molecule has 1 heterocycles. The molecule has 1 aliphatic carbocycles. The van der Waals surface area contributed by atoms with Crippen LogP contribution >= 0.6 is 0 Å². The van der Waals surface area contributed by atoms with Crippen LogP contribution in [0.3, 0.4) is 0 Å². The summed E-state index contributed by atoms with van der Waals surface area (Å²) in [6.07, 6.45) is -3.55. The van der Waals surface area contributed by atoms with Gasteiger partial charge < -0.3 is 19.1 Å². The number of ether oxygens (including phenoxy) is 2. The molecule has 29 heavy (non-hydrogen) atoms. The van der Waals surface area contributed by atoms with E-state index in [0.29, 0.717) is 24.2 Å². The largest absolute Gasteiger partial charge is 0.573 e. The van der Waals surface area contributed by atoms with E-state index in [4.69, 9.17) is 9.63 Å². The van der Waals surface area contributed by atoms with E-state index in [9.17, 15) is 22.8 Å². The predicted octanol–water partition coefficient (Wildman–Crippen LogP) is 2.77. The van der Waals surface area contributed by atoms with Crippen LogP contribution < -0.4 is 4.74 Å². The number of halogens is 3. The molecule has 11 heteroatoms. The minimum atomic E-state index is -4.77. The van der Waals surface area contributed by atoms with Crippen molar-refractivity contribution in [3.63, 3.8) is 0 Å². The predicted molar refractivity (Wildman–Crippen MR) is 88.9 cm³/mol. The first-order valence-corrected chi connectivity index (χ1v) is 8.35. The van der Waals surface area contributed by atoms with Gasteiger partial charge in [-0.2, -0.15) is 4.98 Å². The molecule has 1 fully saturated rings. The van der Waals surface area contributed by atoms with Crippen molar-refractivity contribution in [3.05, 3.63) is 53.7 Å². The van der Waals surface area contributed by atoms with E-state index >= 15 is 0 Å². The number of nitrogens with zero attached hydrogens (tertiary/aromatic N) is 2. The van der Waals surface area contributed by atoms with Crippen LogP contribution in [0.1, 0.15) is 30.1 Å². The minimum absolute atomic E-state index is 0.0556. The zero-order valence-corrected chi connectivity index (χ0v) is 14.9. The van der Waals surface area contributed by atoms with E-state index in [0.717, 1.165) is 0 Å². The highest BCUT2D eigenvalue weighted by molar-refractivity contribution is 5.89. The summed E-state index contributed by atoms with van der Waals surface area (Å²) in [5.74, 6) is -2.10. The fraction of sp³-hybridized carbons (Fsp3) is 0.333. The van der Waals surface area contributed by atoms with E-state index in [1.165, 1.54) is 24.3 Å². The molecule has 0 bridgehead atoms. The Labute approximate surface area is 161 Å². The number of alkyl halides is 3. The maximum absolute atomic E-state index is 12.3. The van der Waals surface area contributed by atoms with E-state index in [-0.39, 0.29) is 23.6 Å². The molecular weight excluding hydrogens is 397 g/mol. The van der Waals surface area contributed by atoms with Gasteiger partial charge in [0.15, 0.2) is 12.4 Å². The van der Waals surface area contributed by atoms with Crippen LogP contribution in [0.2, 0.25) is 0 Å². The third-order valence-corrected chi connectivity index (χ3v) is 4.27. The number of hydrogen-bond donors (Lipinski definition) is 1. The molecule has 0 aliphatic heterocycles. The summed E-state index contributed by atoms with van der Waals surface area (Å²) in [7, 11) is 0. The summed E-state index contributed by atoms with van der Waals surface area (Å²) in [5, 5.41) is 12.4. The molecule has 154 valence electrons. The first kappa shape index (κ1) is 20.4. The Bertz CT molecular complexity index is 932. The first-order chi connectivity index (χ1) is 13.6. The Hall–Kier alpha value is -3.37. The Morgan fingerprint density at radius 1 is 1.24 bits per heavy atom. The monoisotopic (exact) mass is 412 g/mol. The van der Waals surface area contributed by atoms with Crippen LogP contribution in [0.15, 0.2) is 40.9 Å². The lowest BCUT2D eigenvalue weighted by molar-refractivity contribution is -0.274. The maximum atomic E-state index is 12.3. The highest BCUT2D eigenvalue weighted by atomic mass is 19.4. The van der Waals surface area contributed by atoms with Crippen molar-refractivity contribution < 1.29 is 41.9 Å². The number of rotatable bonds is 8. The molecule has 1 N–H and O–H groups in total. The van der Waals surface area contributed by atoms with Gasteiger partial charge in [-0.05, 0) is 30.5 Å². The molecule has 1 aromatic heterocycles. The second kappa shape index (κ2) is 7.57. The number of benzene rings is 1. The molecule has 1 aromatic carbocycles. The Morgan fingerprint density at radius 2 is 1.90 bits per heavy atom. The van der Waals surface area contributed by atoms with Gasteiger partial charge in [-0.3, -0.25) is 0 Å². The summed E-state index contributed by atoms with van der Waals surface area (Å²) < 4.78 is 50.4. The SMILES string of the molecule is C=C(Cc1nc(C2(c3ccc(OC(F)(F)F)cc3)CC2)no1)C(=O)OCC(=O)O. The molecule has 0 atom stereocenters. The Balaban J connectivity index is 1.67. The lowest BCUT2D eigenvalue weighted by Gasteiger charge is -2.13. The third kappa shape index (κ3) is 4.92. The molecule has 0 radical (unpaired) electrons. The number of aliphatic carboxylic acids is 1. The summed E-state index contributed by atoms with van der Waals surface area (Å²) >= 11 is 0. The standard InChI is InChI=1S/C18H15F3N2O6/c1-10(15(26)27-9-14(24)25)8-13-22-16(23-29-13)17(6-7-17)11-2-4-12(5-3-11)28-18(19,20)21/h2-5H,1,6-9H2,(H,24,25). The molecule has 0 spiro atoms. The fourth-order valence-electron chi connectivity index (χ4n) is 2.75. The average Bonchev–Trinajstić information content (AvgIpc) is 3.31. The van der Waals surface area contributed by atoms with Gasteiger partial charge in [0, 0.05) is 5.57 Å². The van der Waals surface area contributed by atoms with Crippen molar-refractivity contribution in [1.29, 1.82) is 0 Å². The van der Waals surface area contributed by atoms with Crippen molar-refractivity contribution in [2.75, 3.05) is 6.61 Å². The topological polar surface area (TPSA) is 112 Å². The molecule has 0 amide bonds. The number of esters is 1. The van der Waals surface area contributed by atoms with Crippen molar-refractivity contribution >= 4 is 11.9 Å². The lowest BCUT2D eigenvalue weighted by atomic mass is 9.95. The van der Waals surface area contributed by atoms with Gasteiger partial charge in [0.25, 0.3) is 0 Å². The highest BCUT2D eigenvalue weighted by Crippen LogP contribution is 2.52. The molecule has 0 unspecified atom stereocenters.